The third kappa shape index (κ3) is 6.34. The maximum Gasteiger partial charge on any atom is 0.308 e. The van der Waals surface area contributed by atoms with E-state index < -0.39 is 22.1 Å². The first-order valence-electron chi connectivity index (χ1n) is 13.5. The molecule has 0 unspecified atom stereocenters. The van der Waals surface area contributed by atoms with Crippen molar-refractivity contribution in [1.82, 2.24) is 13.6 Å². The lowest BCUT2D eigenvalue weighted by Crippen LogP contribution is -2.41. The Morgan fingerprint density at radius 1 is 1.10 bits per heavy atom. The van der Waals surface area contributed by atoms with E-state index in [1.54, 1.807) is 18.2 Å². The van der Waals surface area contributed by atoms with Gasteiger partial charge in [0, 0.05) is 49.6 Å². The normalized spacial score (nSPS) is 14.6. The molecule has 0 aliphatic heterocycles. The Labute approximate surface area is 230 Å². The van der Waals surface area contributed by atoms with E-state index in [0.717, 1.165) is 52.1 Å². The quantitative estimate of drug-likeness (QED) is 0.217. The lowest BCUT2D eigenvalue weighted by atomic mass is 9.81. The molecule has 2 aromatic carbocycles. The van der Waals surface area contributed by atoms with Crippen LogP contribution >= 0.6 is 0 Å². The number of ether oxygens (including phenoxy) is 1. The predicted octanol–water partition coefficient (Wildman–Crippen LogP) is 4.46. The van der Waals surface area contributed by atoms with Gasteiger partial charge in [0.25, 0.3) is 5.91 Å². The molecule has 0 saturated heterocycles. The van der Waals surface area contributed by atoms with Gasteiger partial charge in [-0.3, -0.25) is 9.59 Å². The highest BCUT2D eigenvalue weighted by Crippen LogP contribution is 2.45. The van der Waals surface area contributed by atoms with Crippen molar-refractivity contribution in [1.29, 1.82) is 0 Å². The lowest BCUT2D eigenvalue weighted by Gasteiger charge is -2.24. The van der Waals surface area contributed by atoms with Crippen LogP contribution in [0, 0.1) is 0 Å². The molecule has 39 heavy (non-hydrogen) atoms. The van der Waals surface area contributed by atoms with E-state index in [1.807, 2.05) is 35.9 Å². The van der Waals surface area contributed by atoms with Crippen molar-refractivity contribution < 1.29 is 22.7 Å². The number of nitrogens with two attached hydrogens (primary N) is 1. The van der Waals surface area contributed by atoms with Gasteiger partial charge in [-0.2, -0.15) is 12.7 Å². The van der Waals surface area contributed by atoms with Crippen LogP contribution in [-0.2, 0) is 22.1 Å². The fourth-order valence-corrected chi connectivity index (χ4v) is 6.37. The molecule has 0 radical (unpaired) electrons. The highest BCUT2D eigenvalue weighted by Gasteiger charge is 2.28. The summed E-state index contributed by atoms with van der Waals surface area (Å²) in [6, 6.07) is 12.8. The van der Waals surface area contributed by atoms with Crippen LogP contribution < -0.4 is 15.2 Å². The monoisotopic (exact) mass is 554 g/mol. The van der Waals surface area contributed by atoms with Gasteiger partial charge in [-0.15, -0.1) is 0 Å². The summed E-state index contributed by atoms with van der Waals surface area (Å²) < 4.78 is 36.4. The molecule has 1 fully saturated rings. The standard InChI is InChI=1S/C29H38N4O5S/c1-20(34)38-26-14-8-7-13-24(26)28-27(21-11-5-4-6-12-21)23-16-15-22(19-25(23)33(28)3)29(35)31-39(36,37)32(2)18-10-9-17-30/h7-8,13-16,19,21H,4-6,9-12,17-18,30H2,1-3H3,(H,31,35). The fourth-order valence-electron chi connectivity index (χ4n) is 5.50. The van der Waals surface area contributed by atoms with Gasteiger partial charge in [0.2, 0.25) is 0 Å². The molecule has 0 spiro atoms. The zero-order valence-corrected chi connectivity index (χ0v) is 23.7. The van der Waals surface area contributed by atoms with E-state index in [-0.39, 0.29) is 12.1 Å². The van der Waals surface area contributed by atoms with E-state index in [4.69, 9.17) is 10.5 Å². The minimum atomic E-state index is -3.99. The molecule has 3 aromatic rings. The van der Waals surface area contributed by atoms with Crippen molar-refractivity contribution in [2.45, 2.75) is 57.8 Å². The number of esters is 1. The number of carbonyl (C=O) groups is 2. The van der Waals surface area contributed by atoms with Crippen LogP contribution in [0.5, 0.6) is 5.75 Å². The smallest absolute Gasteiger partial charge is 0.308 e. The van der Waals surface area contributed by atoms with Gasteiger partial charge in [0.05, 0.1) is 5.69 Å². The van der Waals surface area contributed by atoms with Crippen LogP contribution in [0.1, 0.15) is 73.7 Å². The molecule has 1 heterocycles. The molecule has 0 atom stereocenters. The van der Waals surface area contributed by atoms with Gasteiger partial charge in [-0.25, -0.2) is 4.72 Å². The van der Waals surface area contributed by atoms with Crippen LogP contribution in [0.25, 0.3) is 22.2 Å². The Hall–Kier alpha value is -3.21. The van der Waals surface area contributed by atoms with Gasteiger partial charge in [0.15, 0.2) is 0 Å². The number of benzene rings is 2. The Morgan fingerprint density at radius 3 is 2.51 bits per heavy atom. The van der Waals surface area contributed by atoms with Gasteiger partial charge < -0.3 is 15.0 Å². The Bertz CT molecular complexity index is 1460. The number of rotatable bonds is 10. The number of nitrogens with one attached hydrogen (secondary N) is 1. The molecule has 1 aliphatic carbocycles. The third-order valence-corrected chi connectivity index (χ3v) is 8.92. The summed E-state index contributed by atoms with van der Waals surface area (Å²) in [6.45, 7) is 2.13. The first-order valence-corrected chi connectivity index (χ1v) is 15.0. The Morgan fingerprint density at radius 2 is 1.82 bits per heavy atom. The fraction of sp³-hybridized carbons (Fsp3) is 0.448. The molecule has 1 aliphatic rings. The largest absolute Gasteiger partial charge is 0.426 e. The number of fused-ring (bicyclic) bond motifs is 1. The van der Waals surface area contributed by atoms with Crippen molar-refractivity contribution >= 4 is 33.0 Å². The minimum Gasteiger partial charge on any atom is -0.426 e. The highest BCUT2D eigenvalue weighted by molar-refractivity contribution is 7.87. The molecule has 3 N–H and O–H groups in total. The highest BCUT2D eigenvalue weighted by atomic mass is 32.2. The molecule has 1 amide bonds. The molecule has 10 heteroatoms. The molecule has 1 aromatic heterocycles. The van der Waals surface area contributed by atoms with Crippen LogP contribution in [0.4, 0.5) is 0 Å². The summed E-state index contributed by atoms with van der Waals surface area (Å²) in [6.07, 6.45) is 6.91. The molecule has 1 saturated carbocycles. The minimum absolute atomic E-state index is 0.247. The topological polar surface area (TPSA) is 124 Å². The van der Waals surface area contributed by atoms with E-state index in [2.05, 4.69) is 4.72 Å². The van der Waals surface area contributed by atoms with Crippen molar-refractivity contribution in [2.24, 2.45) is 12.8 Å². The van der Waals surface area contributed by atoms with E-state index in [0.29, 0.717) is 31.1 Å². The number of amides is 1. The van der Waals surface area contributed by atoms with Crippen molar-refractivity contribution in [3.63, 3.8) is 0 Å². The number of aromatic nitrogens is 1. The number of aryl methyl sites for hydroxylation is 1. The van der Waals surface area contributed by atoms with Gasteiger partial charge in [0.1, 0.15) is 5.75 Å². The van der Waals surface area contributed by atoms with Gasteiger partial charge in [-0.05, 0) is 68.0 Å². The summed E-state index contributed by atoms with van der Waals surface area (Å²) in [4.78, 5) is 24.9. The van der Waals surface area contributed by atoms with Crippen molar-refractivity contribution in [3.05, 3.63) is 53.6 Å². The van der Waals surface area contributed by atoms with E-state index in [1.165, 1.54) is 26.0 Å². The molecule has 210 valence electrons. The summed E-state index contributed by atoms with van der Waals surface area (Å²) in [5.74, 6) is -0.279. The second-order valence-electron chi connectivity index (χ2n) is 10.2. The summed E-state index contributed by atoms with van der Waals surface area (Å²) >= 11 is 0. The molecule has 9 nitrogen and oxygen atoms in total. The number of para-hydroxylation sites is 1. The number of hydrogen-bond acceptors (Lipinski definition) is 6. The lowest BCUT2D eigenvalue weighted by molar-refractivity contribution is -0.131. The maximum absolute atomic E-state index is 13.1. The van der Waals surface area contributed by atoms with Crippen LogP contribution in [0.15, 0.2) is 42.5 Å². The predicted molar refractivity (Wildman–Crippen MR) is 153 cm³/mol. The van der Waals surface area contributed by atoms with Gasteiger partial charge in [-0.1, -0.05) is 37.5 Å². The molecule has 4 rings (SSSR count). The molecular weight excluding hydrogens is 516 g/mol. The zero-order chi connectivity index (χ0) is 28.2. The van der Waals surface area contributed by atoms with E-state index >= 15 is 0 Å². The Balaban J connectivity index is 1.77. The Kier molecular flexibility index (Phi) is 9.09. The number of unbranched alkanes of at least 4 members (excludes halogenated alkanes) is 1. The van der Waals surface area contributed by atoms with Crippen LogP contribution in [0.2, 0.25) is 0 Å². The number of nitrogens with zero attached hydrogens (tertiary/aromatic N) is 2. The second-order valence-corrected chi connectivity index (χ2v) is 12.0. The van der Waals surface area contributed by atoms with E-state index in [9.17, 15) is 18.0 Å². The van der Waals surface area contributed by atoms with Crippen LogP contribution in [0.3, 0.4) is 0 Å². The summed E-state index contributed by atoms with van der Waals surface area (Å²) in [5.41, 5.74) is 9.48. The second kappa shape index (κ2) is 12.3. The molecular formula is C29H38N4O5S. The third-order valence-electron chi connectivity index (χ3n) is 7.47. The van der Waals surface area contributed by atoms with Crippen LogP contribution in [-0.4, -0.2) is 49.3 Å². The molecule has 0 bridgehead atoms. The average Bonchev–Trinajstić information content (AvgIpc) is 3.20. The number of hydrogen-bond donors (Lipinski definition) is 2. The summed E-state index contributed by atoms with van der Waals surface area (Å²) in [7, 11) is -0.625. The van der Waals surface area contributed by atoms with Crippen molar-refractivity contribution in [3.8, 4) is 17.0 Å². The van der Waals surface area contributed by atoms with Crippen molar-refractivity contribution in [2.75, 3.05) is 20.1 Å². The first-order chi connectivity index (χ1) is 18.6. The summed E-state index contributed by atoms with van der Waals surface area (Å²) in [5, 5.41) is 1.01. The number of carbonyl (C=O) groups excluding carboxylic acids is 2. The first kappa shape index (κ1) is 28.8. The average molecular weight is 555 g/mol. The zero-order valence-electron chi connectivity index (χ0n) is 22.9. The SMILES string of the molecule is CC(=O)Oc1ccccc1-c1c(C2CCCCC2)c2ccc(C(=O)NS(=O)(=O)N(C)CCCCN)cc2n1C. The van der Waals surface area contributed by atoms with Gasteiger partial charge >= 0.3 is 16.2 Å². The maximum atomic E-state index is 13.1.